The van der Waals surface area contributed by atoms with Gasteiger partial charge in [-0.2, -0.15) is 5.01 Å². The number of nitrogens with one attached hydrogen (secondary N) is 2. The van der Waals surface area contributed by atoms with Crippen LogP contribution in [0.15, 0.2) is 48.5 Å². The van der Waals surface area contributed by atoms with E-state index >= 15 is 0 Å². The number of halogens is 1. The number of amides is 1. The van der Waals surface area contributed by atoms with Crippen LogP contribution in [-0.2, 0) is 20.9 Å². The fraction of sp³-hybridized carbons (Fsp3) is 0.559. The Bertz CT molecular complexity index is 1260. The summed E-state index contributed by atoms with van der Waals surface area (Å²) in [4.78, 5) is 39.0. The van der Waals surface area contributed by atoms with Gasteiger partial charge >= 0.3 is 5.97 Å². The Morgan fingerprint density at radius 1 is 0.955 bits per heavy atom. The van der Waals surface area contributed by atoms with Crippen LogP contribution in [0.5, 0.6) is 11.5 Å². The Hall–Kier alpha value is -2.98. The molecular weight excluding hydrogens is 580 g/mol. The normalized spacial score (nSPS) is 24.1. The number of esters is 1. The SMILES string of the molecule is CCCC1OC(=O)C(NC(C)=O)C(C2CCCCC2)N1NC1CCN(Cc2ccc(Oc3ccc(C(=O)Cl)cc3)cc2)CC1. The van der Waals surface area contributed by atoms with Gasteiger partial charge in [-0.15, -0.1) is 0 Å². The fourth-order valence-electron chi connectivity index (χ4n) is 6.85. The molecule has 1 saturated carbocycles. The maximum atomic E-state index is 13.1. The third kappa shape index (κ3) is 8.38. The standard InChI is InChI=1S/C34H45ClN4O5/c1-3-7-30-39(32(25-8-5-4-6-9-25)31(34(42)44-30)36-23(2)40)37-27-18-20-38(21-19-27)22-24-10-14-28(15-11-24)43-29-16-12-26(13-17-29)33(35)41/h10-17,25,27,30-32,37H,3-9,18-22H2,1-2H3,(H,36,40). The fourth-order valence-corrected chi connectivity index (χ4v) is 6.98. The molecule has 0 spiro atoms. The summed E-state index contributed by atoms with van der Waals surface area (Å²) in [5.74, 6) is 1.21. The average Bonchev–Trinajstić information content (AvgIpc) is 3.02. The number of hydrogen-bond donors (Lipinski definition) is 2. The number of hydrogen-bond acceptors (Lipinski definition) is 8. The molecule has 2 aromatic rings. The summed E-state index contributed by atoms with van der Waals surface area (Å²) in [6.07, 6.45) is 8.96. The molecule has 44 heavy (non-hydrogen) atoms. The number of cyclic esters (lactones) is 1. The highest BCUT2D eigenvalue weighted by Crippen LogP contribution is 2.35. The van der Waals surface area contributed by atoms with Gasteiger partial charge in [-0.3, -0.25) is 14.5 Å². The lowest BCUT2D eigenvalue weighted by atomic mass is 9.79. The van der Waals surface area contributed by atoms with E-state index in [-0.39, 0.29) is 30.2 Å². The van der Waals surface area contributed by atoms with Gasteiger partial charge < -0.3 is 14.8 Å². The van der Waals surface area contributed by atoms with E-state index in [1.54, 1.807) is 24.3 Å². The maximum Gasteiger partial charge on any atom is 0.331 e. The van der Waals surface area contributed by atoms with Crippen LogP contribution in [0.3, 0.4) is 0 Å². The van der Waals surface area contributed by atoms with E-state index in [4.69, 9.17) is 21.1 Å². The van der Waals surface area contributed by atoms with E-state index in [0.29, 0.717) is 17.2 Å². The third-order valence-electron chi connectivity index (χ3n) is 9.07. The van der Waals surface area contributed by atoms with Crippen molar-refractivity contribution >= 4 is 28.7 Å². The van der Waals surface area contributed by atoms with Crippen molar-refractivity contribution in [2.24, 2.45) is 5.92 Å². The maximum absolute atomic E-state index is 13.1. The van der Waals surface area contributed by atoms with Crippen LogP contribution in [0.4, 0.5) is 0 Å². The second kappa shape index (κ2) is 15.3. The Morgan fingerprint density at radius 3 is 2.18 bits per heavy atom. The smallest absolute Gasteiger partial charge is 0.331 e. The molecular formula is C34H45ClN4O5. The van der Waals surface area contributed by atoms with Gasteiger partial charge in [0.2, 0.25) is 5.91 Å². The van der Waals surface area contributed by atoms with Crippen molar-refractivity contribution in [3.8, 4) is 11.5 Å². The highest BCUT2D eigenvalue weighted by atomic mass is 35.5. The number of hydrazine groups is 1. The van der Waals surface area contributed by atoms with Gasteiger partial charge in [0.15, 0.2) is 6.23 Å². The first kappa shape index (κ1) is 32.4. The molecule has 1 amide bonds. The molecule has 2 aromatic carbocycles. The van der Waals surface area contributed by atoms with Crippen LogP contribution >= 0.6 is 11.6 Å². The van der Waals surface area contributed by atoms with Gasteiger partial charge in [-0.05, 0) is 91.6 Å². The first-order valence-electron chi connectivity index (χ1n) is 16.1. The lowest BCUT2D eigenvalue weighted by molar-refractivity contribution is -0.200. The molecule has 9 nitrogen and oxygen atoms in total. The minimum Gasteiger partial charge on any atom is -0.457 e. The summed E-state index contributed by atoms with van der Waals surface area (Å²) in [5.41, 5.74) is 5.48. The Labute approximate surface area is 265 Å². The van der Waals surface area contributed by atoms with E-state index in [2.05, 4.69) is 39.7 Å². The highest BCUT2D eigenvalue weighted by molar-refractivity contribution is 6.67. The van der Waals surface area contributed by atoms with Crippen molar-refractivity contribution in [3.05, 3.63) is 59.7 Å². The van der Waals surface area contributed by atoms with Crippen LogP contribution in [0.2, 0.25) is 0 Å². The second-order valence-corrected chi connectivity index (χ2v) is 12.7. The molecule has 3 atom stereocenters. The van der Waals surface area contributed by atoms with Crippen molar-refractivity contribution in [1.29, 1.82) is 0 Å². The number of ether oxygens (including phenoxy) is 2. The molecule has 3 aliphatic rings. The van der Waals surface area contributed by atoms with E-state index in [1.807, 2.05) is 12.1 Å². The van der Waals surface area contributed by atoms with Crippen molar-refractivity contribution in [2.45, 2.75) is 103 Å². The number of benzene rings is 2. The summed E-state index contributed by atoms with van der Waals surface area (Å²) in [7, 11) is 0. The van der Waals surface area contributed by atoms with E-state index in [9.17, 15) is 14.4 Å². The summed E-state index contributed by atoms with van der Waals surface area (Å²) in [5, 5.41) is 4.67. The minimum atomic E-state index is -0.655. The van der Waals surface area contributed by atoms with Crippen LogP contribution in [0.1, 0.15) is 87.6 Å². The van der Waals surface area contributed by atoms with Crippen LogP contribution < -0.4 is 15.5 Å². The summed E-state index contributed by atoms with van der Waals surface area (Å²) >= 11 is 5.52. The largest absolute Gasteiger partial charge is 0.457 e. The summed E-state index contributed by atoms with van der Waals surface area (Å²) < 4.78 is 11.9. The first-order chi connectivity index (χ1) is 21.3. The second-order valence-electron chi connectivity index (χ2n) is 12.4. The molecule has 3 fully saturated rings. The molecule has 1 aliphatic carbocycles. The number of nitrogens with zero attached hydrogens (tertiary/aromatic N) is 2. The average molecular weight is 625 g/mol. The molecule has 0 radical (unpaired) electrons. The predicted molar refractivity (Wildman–Crippen MR) is 169 cm³/mol. The van der Waals surface area contributed by atoms with E-state index < -0.39 is 11.3 Å². The van der Waals surface area contributed by atoms with Gasteiger partial charge in [0.25, 0.3) is 5.24 Å². The van der Waals surface area contributed by atoms with Crippen molar-refractivity contribution < 1.29 is 23.9 Å². The van der Waals surface area contributed by atoms with Crippen molar-refractivity contribution in [1.82, 2.24) is 20.7 Å². The number of rotatable bonds is 11. The molecule has 0 aromatic heterocycles. The van der Waals surface area contributed by atoms with Gasteiger partial charge in [0.05, 0.1) is 6.04 Å². The van der Waals surface area contributed by atoms with E-state index in [1.165, 1.54) is 18.9 Å². The van der Waals surface area contributed by atoms with Crippen LogP contribution in [-0.4, -0.2) is 64.5 Å². The molecule has 0 bridgehead atoms. The van der Waals surface area contributed by atoms with Crippen LogP contribution in [0, 0.1) is 5.92 Å². The number of piperidine rings is 1. The lowest BCUT2D eigenvalue weighted by Gasteiger charge is -2.50. The molecule has 2 N–H and O–H groups in total. The molecule has 5 rings (SSSR count). The summed E-state index contributed by atoms with van der Waals surface area (Å²) in [6.45, 7) is 6.35. The van der Waals surface area contributed by atoms with Gasteiger partial charge in [0, 0.05) is 38.2 Å². The molecule has 3 unspecified atom stereocenters. The lowest BCUT2D eigenvalue weighted by Crippen LogP contribution is -2.71. The molecule has 10 heteroatoms. The quantitative estimate of drug-likeness (QED) is 0.240. The van der Waals surface area contributed by atoms with E-state index in [0.717, 1.165) is 76.8 Å². The van der Waals surface area contributed by atoms with Gasteiger partial charge in [-0.1, -0.05) is 44.7 Å². The molecule has 2 aliphatic heterocycles. The molecule has 2 heterocycles. The monoisotopic (exact) mass is 624 g/mol. The number of carbonyl (C=O) groups is 3. The van der Waals surface area contributed by atoms with Gasteiger partial charge in [0.1, 0.15) is 17.5 Å². The zero-order chi connectivity index (χ0) is 31.1. The topological polar surface area (TPSA) is 100 Å². The first-order valence-corrected chi connectivity index (χ1v) is 16.5. The zero-order valence-electron chi connectivity index (χ0n) is 25.8. The Kier molecular flexibility index (Phi) is 11.3. The highest BCUT2D eigenvalue weighted by Gasteiger charge is 2.48. The summed E-state index contributed by atoms with van der Waals surface area (Å²) in [6, 6.07) is 14.4. The molecule has 238 valence electrons. The number of likely N-dealkylation sites (tertiary alicyclic amines) is 1. The predicted octanol–water partition coefficient (Wildman–Crippen LogP) is 5.77. The van der Waals surface area contributed by atoms with Gasteiger partial charge in [-0.25, -0.2) is 10.2 Å². The zero-order valence-corrected chi connectivity index (χ0v) is 26.6. The van der Waals surface area contributed by atoms with Crippen LogP contribution in [0.25, 0.3) is 0 Å². The van der Waals surface area contributed by atoms with Crippen molar-refractivity contribution in [2.75, 3.05) is 13.1 Å². The number of carbonyl (C=O) groups excluding carboxylic acids is 3. The minimum absolute atomic E-state index is 0.114. The third-order valence-corrected chi connectivity index (χ3v) is 9.29. The Morgan fingerprint density at radius 2 is 1.59 bits per heavy atom. The Balaban J connectivity index is 1.18. The molecule has 2 saturated heterocycles. The van der Waals surface area contributed by atoms with Crippen molar-refractivity contribution in [3.63, 3.8) is 0 Å².